The number of carbonyl (C=O) groups is 2. The van der Waals surface area contributed by atoms with Gasteiger partial charge in [-0.25, -0.2) is 0 Å². The van der Waals surface area contributed by atoms with E-state index in [2.05, 4.69) is 0 Å². The van der Waals surface area contributed by atoms with Crippen molar-refractivity contribution in [3.8, 4) is 0 Å². The van der Waals surface area contributed by atoms with E-state index in [0.29, 0.717) is 11.1 Å². The van der Waals surface area contributed by atoms with Crippen LogP contribution < -0.4 is 11.5 Å². The van der Waals surface area contributed by atoms with Crippen molar-refractivity contribution in [1.29, 1.82) is 0 Å². The Morgan fingerprint density at radius 2 is 1.35 bits per heavy atom. The fourth-order valence-electron chi connectivity index (χ4n) is 2.12. The van der Waals surface area contributed by atoms with Gasteiger partial charge in [-0.15, -0.1) is 0 Å². The zero-order valence-corrected chi connectivity index (χ0v) is 11.2. The molecule has 2 aromatic rings. The molecule has 0 bridgehead atoms. The second-order valence-electron chi connectivity index (χ2n) is 4.70. The van der Waals surface area contributed by atoms with Gasteiger partial charge in [0, 0.05) is 17.0 Å². The van der Waals surface area contributed by atoms with Crippen LogP contribution in [0.4, 0.5) is 0 Å². The molecule has 4 heteroatoms. The highest BCUT2D eigenvalue weighted by atomic mass is 16.1. The largest absolute Gasteiger partial charge is 0.366 e. The average Bonchev–Trinajstić information content (AvgIpc) is 2.46. The first-order valence-electron chi connectivity index (χ1n) is 6.28. The molecule has 0 aliphatic rings. The van der Waals surface area contributed by atoms with Crippen molar-refractivity contribution in [3.05, 3.63) is 70.8 Å². The van der Waals surface area contributed by atoms with Gasteiger partial charge in [0.25, 0.3) is 0 Å². The summed E-state index contributed by atoms with van der Waals surface area (Å²) < 4.78 is 0. The van der Waals surface area contributed by atoms with E-state index in [4.69, 9.17) is 11.5 Å². The van der Waals surface area contributed by atoms with Crippen molar-refractivity contribution in [3.63, 3.8) is 0 Å². The van der Waals surface area contributed by atoms with E-state index in [1.807, 2.05) is 37.3 Å². The highest BCUT2D eigenvalue weighted by Crippen LogP contribution is 2.25. The second-order valence-corrected chi connectivity index (χ2v) is 4.70. The van der Waals surface area contributed by atoms with Gasteiger partial charge in [-0.1, -0.05) is 37.3 Å². The first kappa shape index (κ1) is 13.8. The summed E-state index contributed by atoms with van der Waals surface area (Å²) in [6, 6.07) is 14.6. The topological polar surface area (TPSA) is 86.2 Å². The molecule has 102 valence electrons. The van der Waals surface area contributed by atoms with Gasteiger partial charge in [0.15, 0.2) is 0 Å². The van der Waals surface area contributed by atoms with Gasteiger partial charge in [-0.05, 0) is 29.3 Å². The van der Waals surface area contributed by atoms with Gasteiger partial charge in [-0.2, -0.15) is 0 Å². The predicted octanol–water partition coefficient (Wildman–Crippen LogP) is 2.04. The quantitative estimate of drug-likeness (QED) is 0.889. The van der Waals surface area contributed by atoms with E-state index in [1.54, 1.807) is 12.1 Å². The fraction of sp³-hybridized carbons (Fsp3) is 0.125. The molecule has 0 radical (unpaired) electrons. The van der Waals surface area contributed by atoms with Gasteiger partial charge < -0.3 is 11.5 Å². The number of rotatable bonds is 4. The summed E-state index contributed by atoms with van der Waals surface area (Å²) in [5.74, 6) is -1.11. The summed E-state index contributed by atoms with van der Waals surface area (Å²) in [6.07, 6.45) is 0. The normalized spacial score (nSPS) is 11.8. The van der Waals surface area contributed by atoms with Crippen LogP contribution in [0.15, 0.2) is 48.5 Å². The van der Waals surface area contributed by atoms with E-state index in [9.17, 15) is 9.59 Å². The second kappa shape index (κ2) is 5.57. The molecule has 0 aromatic heterocycles. The molecule has 0 saturated heterocycles. The summed E-state index contributed by atoms with van der Waals surface area (Å²) >= 11 is 0. The molecule has 0 aliphatic carbocycles. The third kappa shape index (κ3) is 2.85. The third-order valence-electron chi connectivity index (χ3n) is 3.32. The minimum absolute atomic E-state index is 0.0357. The van der Waals surface area contributed by atoms with Crippen LogP contribution in [0.5, 0.6) is 0 Å². The molecule has 2 amide bonds. The SMILES string of the molecule is CC(c1ccccc1)c1cc(C(N)=O)cc(C(N)=O)c1. The molecule has 0 heterocycles. The molecular formula is C16H16N2O2. The van der Waals surface area contributed by atoms with Crippen molar-refractivity contribution >= 4 is 11.8 Å². The Morgan fingerprint density at radius 3 is 1.80 bits per heavy atom. The number of hydrogen-bond acceptors (Lipinski definition) is 2. The third-order valence-corrected chi connectivity index (χ3v) is 3.32. The van der Waals surface area contributed by atoms with E-state index in [0.717, 1.165) is 11.1 Å². The van der Waals surface area contributed by atoms with Crippen molar-refractivity contribution in [2.45, 2.75) is 12.8 Å². The summed E-state index contributed by atoms with van der Waals surface area (Å²) in [5, 5.41) is 0. The Labute approximate surface area is 117 Å². The molecule has 0 saturated carbocycles. The molecule has 2 aromatic carbocycles. The lowest BCUT2D eigenvalue weighted by atomic mass is 9.90. The molecule has 0 fully saturated rings. The van der Waals surface area contributed by atoms with Crippen LogP contribution in [0, 0.1) is 0 Å². The Hall–Kier alpha value is -2.62. The molecular weight excluding hydrogens is 252 g/mol. The Kier molecular flexibility index (Phi) is 3.84. The Morgan fingerprint density at radius 1 is 0.850 bits per heavy atom. The van der Waals surface area contributed by atoms with E-state index in [1.165, 1.54) is 6.07 Å². The predicted molar refractivity (Wildman–Crippen MR) is 77.4 cm³/mol. The van der Waals surface area contributed by atoms with Gasteiger partial charge in [0.2, 0.25) is 11.8 Å². The van der Waals surface area contributed by atoms with Crippen molar-refractivity contribution < 1.29 is 9.59 Å². The molecule has 1 unspecified atom stereocenters. The van der Waals surface area contributed by atoms with E-state index in [-0.39, 0.29) is 5.92 Å². The highest BCUT2D eigenvalue weighted by molar-refractivity contribution is 5.98. The summed E-state index contributed by atoms with van der Waals surface area (Å²) in [6.45, 7) is 2.00. The van der Waals surface area contributed by atoms with Gasteiger partial charge in [0.1, 0.15) is 0 Å². The smallest absolute Gasteiger partial charge is 0.248 e. The lowest BCUT2D eigenvalue weighted by Gasteiger charge is -2.14. The number of carbonyl (C=O) groups excluding carboxylic acids is 2. The monoisotopic (exact) mass is 268 g/mol. The van der Waals surface area contributed by atoms with Gasteiger partial charge in [0.05, 0.1) is 0 Å². The Bertz CT molecular complexity index is 619. The number of primary amides is 2. The summed E-state index contributed by atoms with van der Waals surface area (Å²) in [5.41, 5.74) is 13.1. The van der Waals surface area contributed by atoms with E-state index < -0.39 is 11.8 Å². The Balaban J connectivity index is 2.50. The van der Waals surface area contributed by atoms with Gasteiger partial charge in [-0.3, -0.25) is 9.59 Å². The van der Waals surface area contributed by atoms with Crippen LogP contribution >= 0.6 is 0 Å². The number of amides is 2. The molecule has 1 atom stereocenters. The van der Waals surface area contributed by atoms with Crippen LogP contribution in [0.25, 0.3) is 0 Å². The van der Waals surface area contributed by atoms with Crippen LogP contribution in [-0.4, -0.2) is 11.8 Å². The molecule has 0 aliphatic heterocycles. The fourth-order valence-corrected chi connectivity index (χ4v) is 2.12. The molecule has 0 spiro atoms. The van der Waals surface area contributed by atoms with Gasteiger partial charge >= 0.3 is 0 Å². The van der Waals surface area contributed by atoms with Crippen molar-refractivity contribution in [2.75, 3.05) is 0 Å². The summed E-state index contributed by atoms with van der Waals surface area (Å²) in [4.78, 5) is 22.7. The maximum absolute atomic E-state index is 11.4. The average molecular weight is 268 g/mol. The van der Waals surface area contributed by atoms with Crippen LogP contribution in [0.1, 0.15) is 44.7 Å². The van der Waals surface area contributed by atoms with Crippen LogP contribution in [0.3, 0.4) is 0 Å². The number of benzene rings is 2. The molecule has 4 N–H and O–H groups in total. The summed E-state index contributed by atoms with van der Waals surface area (Å²) in [7, 11) is 0. The lowest BCUT2D eigenvalue weighted by Crippen LogP contribution is -2.16. The van der Waals surface area contributed by atoms with Crippen LogP contribution in [-0.2, 0) is 0 Å². The molecule has 2 rings (SSSR count). The maximum atomic E-state index is 11.4. The van der Waals surface area contributed by atoms with E-state index >= 15 is 0 Å². The van der Waals surface area contributed by atoms with Crippen molar-refractivity contribution in [2.24, 2.45) is 11.5 Å². The number of hydrogen-bond donors (Lipinski definition) is 2. The standard InChI is InChI=1S/C16H16N2O2/c1-10(11-5-3-2-4-6-11)12-7-13(15(17)19)9-14(8-12)16(18)20/h2-10H,1H3,(H2,17,19)(H2,18,20). The maximum Gasteiger partial charge on any atom is 0.248 e. The highest BCUT2D eigenvalue weighted by Gasteiger charge is 2.14. The minimum Gasteiger partial charge on any atom is -0.366 e. The zero-order chi connectivity index (χ0) is 14.7. The number of nitrogens with two attached hydrogens (primary N) is 2. The first-order chi connectivity index (χ1) is 9.49. The first-order valence-corrected chi connectivity index (χ1v) is 6.28. The molecule has 20 heavy (non-hydrogen) atoms. The lowest BCUT2D eigenvalue weighted by molar-refractivity contribution is 0.0999. The minimum atomic E-state index is -0.574. The molecule has 4 nitrogen and oxygen atoms in total. The zero-order valence-electron chi connectivity index (χ0n) is 11.2. The van der Waals surface area contributed by atoms with Crippen molar-refractivity contribution in [1.82, 2.24) is 0 Å². The van der Waals surface area contributed by atoms with Crippen LogP contribution in [0.2, 0.25) is 0 Å².